The largest absolute Gasteiger partial charge is 0.342 e. The van der Waals surface area contributed by atoms with E-state index in [0.717, 1.165) is 11.1 Å². The van der Waals surface area contributed by atoms with Gasteiger partial charge in [-0.3, -0.25) is 9.48 Å². The third-order valence-corrected chi connectivity index (χ3v) is 2.66. The van der Waals surface area contributed by atoms with Crippen molar-refractivity contribution in [2.45, 2.75) is 6.04 Å². The highest BCUT2D eigenvalue weighted by Gasteiger charge is 2.16. The summed E-state index contributed by atoms with van der Waals surface area (Å²) < 4.78 is 1.71. The van der Waals surface area contributed by atoms with E-state index in [2.05, 4.69) is 17.0 Å². The average molecular weight is 241 g/mol. The van der Waals surface area contributed by atoms with Crippen LogP contribution in [0.5, 0.6) is 0 Å². The van der Waals surface area contributed by atoms with Gasteiger partial charge in [0.15, 0.2) is 0 Å². The van der Waals surface area contributed by atoms with Crippen LogP contribution in [-0.2, 0) is 11.8 Å². The highest BCUT2D eigenvalue weighted by atomic mass is 16.1. The van der Waals surface area contributed by atoms with Gasteiger partial charge < -0.3 is 5.32 Å². The van der Waals surface area contributed by atoms with Gasteiger partial charge in [-0.25, -0.2) is 0 Å². The number of rotatable bonds is 4. The summed E-state index contributed by atoms with van der Waals surface area (Å²) in [5, 5.41) is 7.04. The molecule has 92 valence electrons. The van der Waals surface area contributed by atoms with E-state index < -0.39 is 0 Å². The van der Waals surface area contributed by atoms with E-state index in [9.17, 15) is 4.79 Å². The lowest BCUT2D eigenvalue weighted by atomic mass is 10.0. The van der Waals surface area contributed by atoms with E-state index in [4.69, 9.17) is 0 Å². The van der Waals surface area contributed by atoms with Crippen LogP contribution in [0.3, 0.4) is 0 Å². The fraction of sp³-hybridized carbons (Fsp3) is 0.143. The van der Waals surface area contributed by atoms with Crippen LogP contribution in [0.2, 0.25) is 0 Å². The summed E-state index contributed by atoms with van der Waals surface area (Å²) in [6.45, 7) is 3.47. The van der Waals surface area contributed by atoms with Crippen LogP contribution < -0.4 is 5.32 Å². The van der Waals surface area contributed by atoms with Gasteiger partial charge in [0.05, 0.1) is 12.2 Å². The molecule has 1 aromatic heterocycles. The van der Waals surface area contributed by atoms with Crippen molar-refractivity contribution in [3.8, 4) is 0 Å². The summed E-state index contributed by atoms with van der Waals surface area (Å²) in [6, 6.07) is 9.57. The third kappa shape index (κ3) is 2.66. The molecular weight excluding hydrogens is 226 g/mol. The van der Waals surface area contributed by atoms with Crippen molar-refractivity contribution in [3.05, 3.63) is 66.5 Å². The fourth-order valence-electron chi connectivity index (χ4n) is 1.80. The molecule has 4 nitrogen and oxygen atoms in total. The summed E-state index contributed by atoms with van der Waals surface area (Å²) >= 11 is 0. The van der Waals surface area contributed by atoms with Crippen molar-refractivity contribution in [2.75, 3.05) is 0 Å². The molecule has 4 heteroatoms. The first-order valence-electron chi connectivity index (χ1n) is 5.67. The van der Waals surface area contributed by atoms with Crippen LogP contribution in [-0.4, -0.2) is 15.7 Å². The first-order valence-corrected chi connectivity index (χ1v) is 5.67. The van der Waals surface area contributed by atoms with Crippen molar-refractivity contribution >= 4 is 5.91 Å². The minimum absolute atomic E-state index is 0.201. The third-order valence-electron chi connectivity index (χ3n) is 2.66. The van der Waals surface area contributed by atoms with Crippen LogP contribution in [0.15, 0.2) is 55.4 Å². The average Bonchev–Trinajstić information content (AvgIpc) is 2.83. The predicted octanol–water partition coefficient (Wildman–Crippen LogP) is 1.81. The molecule has 0 fully saturated rings. The number of amides is 1. The Kier molecular flexibility index (Phi) is 3.57. The van der Waals surface area contributed by atoms with Crippen LogP contribution >= 0.6 is 0 Å². The van der Waals surface area contributed by atoms with E-state index in [1.807, 2.05) is 43.6 Å². The number of hydrogen-bond donors (Lipinski definition) is 1. The van der Waals surface area contributed by atoms with E-state index in [-0.39, 0.29) is 11.9 Å². The number of aryl methyl sites for hydroxylation is 1. The molecule has 0 aliphatic rings. The minimum Gasteiger partial charge on any atom is -0.342 e. The molecule has 2 aromatic rings. The smallest absolute Gasteiger partial charge is 0.244 e. The number of benzene rings is 1. The van der Waals surface area contributed by atoms with E-state index in [0.29, 0.717) is 0 Å². The first-order chi connectivity index (χ1) is 8.70. The second-order valence-corrected chi connectivity index (χ2v) is 4.00. The summed E-state index contributed by atoms with van der Waals surface area (Å²) in [4.78, 5) is 11.5. The van der Waals surface area contributed by atoms with Gasteiger partial charge in [-0.05, 0) is 11.6 Å². The highest BCUT2D eigenvalue weighted by molar-refractivity contribution is 5.87. The monoisotopic (exact) mass is 241 g/mol. The van der Waals surface area contributed by atoms with Gasteiger partial charge in [0.2, 0.25) is 5.91 Å². The summed E-state index contributed by atoms with van der Waals surface area (Å²) in [7, 11) is 1.85. The number of hydrogen-bond acceptors (Lipinski definition) is 2. The molecule has 0 spiro atoms. The standard InChI is InChI=1S/C14H15N3O/c1-3-13(18)16-14(11-7-5-4-6-8-11)12-9-15-17(2)10-12/h3-10,14H,1H2,2H3,(H,16,18). The Morgan fingerprint density at radius 1 is 1.39 bits per heavy atom. The molecule has 0 saturated heterocycles. The molecule has 0 aliphatic heterocycles. The van der Waals surface area contributed by atoms with Gasteiger partial charge in [0, 0.05) is 18.8 Å². The van der Waals surface area contributed by atoms with Gasteiger partial charge >= 0.3 is 0 Å². The zero-order valence-corrected chi connectivity index (χ0v) is 10.2. The molecule has 1 N–H and O–H groups in total. The minimum atomic E-state index is -0.203. The molecule has 2 rings (SSSR count). The maximum Gasteiger partial charge on any atom is 0.244 e. The number of nitrogens with zero attached hydrogens (tertiary/aromatic N) is 2. The fourth-order valence-corrected chi connectivity index (χ4v) is 1.80. The zero-order chi connectivity index (χ0) is 13.0. The molecule has 18 heavy (non-hydrogen) atoms. The first kappa shape index (κ1) is 12.1. The van der Waals surface area contributed by atoms with Crippen molar-refractivity contribution in [1.29, 1.82) is 0 Å². The normalized spacial score (nSPS) is 11.8. The molecule has 1 atom stereocenters. The van der Waals surface area contributed by atoms with Gasteiger partial charge in [-0.2, -0.15) is 5.10 Å². The van der Waals surface area contributed by atoms with E-state index in [1.165, 1.54) is 6.08 Å². The number of nitrogens with one attached hydrogen (secondary N) is 1. The van der Waals surface area contributed by atoms with Crippen LogP contribution in [0, 0.1) is 0 Å². The molecule has 1 aromatic carbocycles. The maximum atomic E-state index is 11.5. The van der Waals surface area contributed by atoms with Gasteiger partial charge in [0.1, 0.15) is 0 Å². The SMILES string of the molecule is C=CC(=O)NC(c1ccccc1)c1cnn(C)c1. The maximum absolute atomic E-state index is 11.5. The zero-order valence-electron chi connectivity index (χ0n) is 10.2. The Morgan fingerprint density at radius 2 is 2.11 bits per heavy atom. The molecule has 1 heterocycles. The molecule has 0 aliphatic carbocycles. The van der Waals surface area contributed by atoms with Gasteiger partial charge in [-0.1, -0.05) is 36.9 Å². The van der Waals surface area contributed by atoms with Crippen LogP contribution in [0.1, 0.15) is 17.2 Å². The van der Waals surface area contributed by atoms with Gasteiger partial charge in [0.25, 0.3) is 0 Å². The Balaban J connectivity index is 2.34. The lowest BCUT2D eigenvalue weighted by Gasteiger charge is -2.16. The second-order valence-electron chi connectivity index (χ2n) is 4.00. The lowest BCUT2D eigenvalue weighted by Crippen LogP contribution is -2.27. The van der Waals surface area contributed by atoms with Crippen molar-refractivity contribution < 1.29 is 4.79 Å². The van der Waals surface area contributed by atoms with E-state index in [1.54, 1.807) is 10.9 Å². The van der Waals surface area contributed by atoms with E-state index >= 15 is 0 Å². The summed E-state index contributed by atoms with van der Waals surface area (Å²) in [6.07, 6.45) is 4.91. The van der Waals surface area contributed by atoms with Crippen LogP contribution in [0.4, 0.5) is 0 Å². The molecular formula is C14H15N3O. The topological polar surface area (TPSA) is 46.9 Å². The number of carbonyl (C=O) groups is 1. The van der Waals surface area contributed by atoms with Crippen molar-refractivity contribution in [2.24, 2.45) is 7.05 Å². The molecule has 1 unspecified atom stereocenters. The quantitative estimate of drug-likeness (QED) is 0.830. The highest BCUT2D eigenvalue weighted by Crippen LogP contribution is 2.21. The Hall–Kier alpha value is -2.36. The summed E-state index contributed by atoms with van der Waals surface area (Å²) in [5.41, 5.74) is 1.96. The van der Waals surface area contributed by atoms with Gasteiger partial charge in [-0.15, -0.1) is 0 Å². The molecule has 0 saturated carbocycles. The molecule has 0 bridgehead atoms. The Labute approximate surface area is 106 Å². The number of carbonyl (C=O) groups excluding carboxylic acids is 1. The molecule has 0 radical (unpaired) electrons. The predicted molar refractivity (Wildman–Crippen MR) is 69.8 cm³/mol. The van der Waals surface area contributed by atoms with Crippen LogP contribution in [0.25, 0.3) is 0 Å². The molecule has 1 amide bonds. The van der Waals surface area contributed by atoms with Crippen molar-refractivity contribution in [1.82, 2.24) is 15.1 Å². The summed E-state index contributed by atoms with van der Waals surface area (Å²) in [5.74, 6) is -0.201. The van der Waals surface area contributed by atoms with Crippen molar-refractivity contribution in [3.63, 3.8) is 0 Å². The second kappa shape index (κ2) is 5.31. The number of aromatic nitrogens is 2. The Morgan fingerprint density at radius 3 is 2.67 bits per heavy atom. The lowest BCUT2D eigenvalue weighted by molar-refractivity contribution is -0.116. The Bertz CT molecular complexity index is 545.